The SMILES string of the molecule is COc1ccc2c(c1)OC1(CCN(C(=O)c3scnc3C)CC1)CNC2=O. The minimum atomic E-state index is -0.521. The van der Waals surface area contributed by atoms with Crippen molar-refractivity contribution in [3.8, 4) is 11.5 Å². The predicted octanol–water partition coefficient (Wildman–Crippen LogP) is 2.26. The van der Waals surface area contributed by atoms with E-state index in [-0.39, 0.29) is 11.8 Å². The molecule has 4 rings (SSSR count). The topological polar surface area (TPSA) is 80.8 Å². The molecular formula is C19H21N3O4S. The summed E-state index contributed by atoms with van der Waals surface area (Å²) in [4.78, 5) is 31.8. The van der Waals surface area contributed by atoms with E-state index in [1.165, 1.54) is 11.3 Å². The molecule has 1 spiro atoms. The number of hydrogen-bond donors (Lipinski definition) is 1. The number of ether oxygens (including phenoxy) is 2. The number of carbonyl (C=O) groups excluding carboxylic acids is 2. The van der Waals surface area contributed by atoms with Gasteiger partial charge in [0.25, 0.3) is 11.8 Å². The fraction of sp³-hybridized carbons (Fsp3) is 0.421. The molecule has 2 aliphatic rings. The highest BCUT2D eigenvalue weighted by Crippen LogP contribution is 2.35. The van der Waals surface area contributed by atoms with E-state index in [9.17, 15) is 9.59 Å². The van der Waals surface area contributed by atoms with E-state index in [0.717, 1.165) is 5.69 Å². The standard InChI is InChI=1S/C19H21N3O4S/c1-12-16(27-11-21-12)18(24)22-7-5-19(6-8-22)10-20-17(23)14-4-3-13(25-2)9-15(14)26-19/h3-4,9,11H,5-8,10H2,1-2H3,(H,20,23). The van der Waals surface area contributed by atoms with Crippen LogP contribution in [-0.2, 0) is 0 Å². The maximum Gasteiger partial charge on any atom is 0.265 e. The van der Waals surface area contributed by atoms with Crippen LogP contribution in [0.25, 0.3) is 0 Å². The molecule has 27 heavy (non-hydrogen) atoms. The zero-order valence-corrected chi connectivity index (χ0v) is 16.1. The fourth-order valence-electron chi connectivity index (χ4n) is 3.55. The van der Waals surface area contributed by atoms with E-state index < -0.39 is 5.60 Å². The number of fused-ring (bicyclic) bond motifs is 1. The third kappa shape index (κ3) is 3.25. The summed E-state index contributed by atoms with van der Waals surface area (Å²) in [6, 6.07) is 5.21. The van der Waals surface area contributed by atoms with Crippen LogP contribution in [0.1, 0.15) is 38.6 Å². The highest BCUT2D eigenvalue weighted by molar-refractivity contribution is 7.11. The number of amides is 2. The first-order chi connectivity index (χ1) is 13.0. The Balaban J connectivity index is 1.53. The van der Waals surface area contributed by atoms with Crippen LogP contribution < -0.4 is 14.8 Å². The third-order valence-corrected chi connectivity index (χ3v) is 6.15. The molecule has 2 aliphatic heterocycles. The lowest BCUT2D eigenvalue weighted by atomic mass is 9.90. The van der Waals surface area contributed by atoms with Crippen molar-refractivity contribution in [1.82, 2.24) is 15.2 Å². The Kier molecular flexibility index (Phi) is 4.51. The van der Waals surface area contributed by atoms with Gasteiger partial charge < -0.3 is 19.7 Å². The van der Waals surface area contributed by atoms with Crippen molar-refractivity contribution in [1.29, 1.82) is 0 Å². The summed E-state index contributed by atoms with van der Waals surface area (Å²) in [7, 11) is 1.58. The lowest BCUT2D eigenvalue weighted by Crippen LogP contribution is -2.54. The quantitative estimate of drug-likeness (QED) is 0.855. The molecule has 8 heteroatoms. The van der Waals surface area contributed by atoms with Crippen LogP contribution in [0.2, 0.25) is 0 Å². The molecule has 0 unspecified atom stereocenters. The Hall–Kier alpha value is -2.61. The van der Waals surface area contributed by atoms with Crippen LogP contribution in [0.3, 0.4) is 0 Å². The fourth-order valence-corrected chi connectivity index (χ4v) is 4.32. The zero-order valence-electron chi connectivity index (χ0n) is 15.3. The Morgan fingerprint density at radius 2 is 2.15 bits per heavy atom. The van der Waals surface area contributed by atoms with E-state index in [2.05, 4.69) is 10.3 Å². The summed E-state index contributed by atoms with van der Waals surface area (Å²) in [5.41, 5.74) is 2.45. The minimum Gasteiger partial charge on any atom is -0.497 e. The number of aryl methyl sites for hydroxylation is 1. The number of carbonyl (C=O) groups is 2. The summed E-state index contributed by atoms with van der Waals surface area (Å²) >= 11 is 1.37. The van der Waals surface area contributed by atoms with E-state index in [1.54, 1.807) is 30.8 Å². The summed E-state index contributed by atoms with van der Waals surface area (Å²) < 4.78 is 11.6. The van der Waals surface area contributed by atoms with Crippen molar-refractivity contribution >= 4 is 23.2 Å². The normalized spacial score (nSPS) is 18.3. The van der Waals surface area contributed by atoms with Crippen molar-refractivity contribution < 1.29 is 19.1 Å². The maximum absolute atomic E-state index is 12.7. The first kappa shape index (κ1) is 17.8. The minimum absolute atomic E-state index is 0.0181. The van der Waals surface area contributed by atoms with Crippen molar-refractivity contribution in [3.05, 3.63) is 39.8 Å². The molecule has 0 atom stereocenters. The van der Waals surface area contributed by atoms with Gasteiger partial charge >= 0.3 is 0 Å². The second kappa shape index (κ2) is 6.84. The molecule has 1 aromatic heterocycles. The zero-order chi connectivity index (χ0) is 19.0. The molecule has 142 valence electrons. The van der Waals surface area contributed by atoms with Crippen LogP contribution in [-0.4, -0.2) is 54.0 Å². The second-order valence-electron chi connectivity index (χ2n) is 6.89. The first-order valence-electron chi connectivity index (χ1n) is 8.86. The molecule has 7 nitrogen and oxygen atoms in total. The molecule has 3 heterocycles. The molecule has 2 amide bonds. The molecule has 0 saturated carbocycles. The van der Waals surface area contributed by atoms with Crippen LogP contribution in [0.4, 0.5) is 0 Å². The molecule has 1 aromatic carbocycles. The number of likely N-dealkylation sites (tertiary alicyclic amines) is 1. The smallest absolute Gasteiger partial charge is 0.265 e. The first-order valence-corrected chi connectivity index (χ1v) is 9.74. The van der Waals surface area contributed by atoms with Crippen molar-refractivity contribution in [2.75, 3.05) is 26.7 Å². The second-order valence-corrected chi connectivity index (χ2v) is 7.74. The van der Waals surface area contributed by atoms with Gasteiger partial charge in [0.1, 0.15) is 22.0 Å². The number of rotatable bonds is 2. The van der Waals surface area contributed by atoms with Gasteiger partial charge in [0.05, 0.1) is 30.4 Å². The van der Waals surface area contributed by atoms with Gasteiger partial charge in [-0.1, -0.05) is 0 Å². The monoisotopic (exact) mass is 387 g/mol. The third-order valence-electron chi connectivity index (χ3n) is 5.23. The summed E-state index contributed by atoms with van der Waals surface area (Å²) in [6.45, 7) is 3.42. The molecule has 2 aromatic rings. The van der Waals surface area contributed by atoms with Gasteiger partial charge in [-0.2, -0.15) is 0 Å². The van der Waals surface area contributed by atoms with Crippen LogP contribution in [0.15, 0.2) is 23.7 Å². The van der Waals surface area contributed by atoms with E-state index in [0.29, 0.717) is 54.4 Å². The lowest BCUT2D eigenvalue weighted by Gasteiger charge is -2.41. The summed E-state index contributed by atoms with van der Waals surface area (Å²) in [5.74, 6) is 1.04. The number of piperidine rings is 1. The molecule has 0 bridgehead atoms. The van der Waals surface area contributed by atoms with Gasteiger partial charge in [-0.25, -0.2) is 4.98 Å². The number of nitrogens with one attached hydrogen (secondary N) is 1. The Morgan fingerprint density at radius 1 is 1.37 bits per heavy atom. The lowest BCUT2D eigenvalue weighted by molar-refractivity contribution is 0.00776. The molecule has 0 aliphatic carbocycles. The number of aromatic nitrogens is 1. The molecule has 1 saturated heterocycles. The van der Waals surface area contributed by atoms with Crippen molar-refractivity contribution in [2.24, 2.45) is 0 Å². The van der Waals surface area contributed by atoms with Crippen molar-refractivity contribution in [3.63, 3.8) is 0 Å². The van der Waals surface area contributed by atoms with E-state index >= 15 is 0 Å². The predicted molar refractivity (Wildman–Crippen MR) is 101 cm³/mol. The number of thiazole rings is 1. The van der Waals surface area contributed by atoms with Gasteiger partial charge in [-0.3, -0.25) is 9.59 Å². The van der Waals surface area contributed by atoms with Crippen LogP contribution >= 0.6 is 11.3 Å². The maximum atomic E-state index is 12.7. The van der Waals surface area contributed by atoms with Crippen LogP contribution in [0, 0.1) is 6.92 Å². The average Bonchev–Trinajstić information content (AvgIpc) is 3.06. The van der Waals surface area contributed by atoms with Gasteiger partial charge in [0.2, 0.25) is 0 Å². The number of nitrogens with zero attached hydrogens (tertiary/aromatic N) is 2. The van der Waals surface area contributed by atoms with Crippen LogP contribution in [0.5, 0.6) is 11.5 Å². The van der Waals surface area contributed by atoms with Gasteiger partial charge in [0, 0.05) is 32.0 Å². The Bertz CT molecular complexity index is 887. The van der Waals surface area contributed by atoms with Gasteiger partial charge in [-0.05, 0) is 19.1 Å². The highest BCUT2D eigenvalue weighted by atomic mass is 32.1. The number of hydrogen-bond acceptors (Lipinski definition) is 6. The average molecular weight is 387 g/mol. The molecular weight excluding hydrogens is 366 g/mol. The van der Waals surface area contributed by atoms with E-state index in [4.69, 9.17) is 9.47 Å². The number of benzene rings is 1. The molecule has 1 N–H and O–H groups in total. The summed E-state index contributed by atoms with van der Waals surface area (Å²) in [5, 5.41) is 2.96. The van der Waals surface area contributed by atoms with E-state index in [1.807, 2.05) is 11.8 Å². The summed E-state index contributed by atoms with van der Waals surface area (Å²) in [6.07, 6.45) is 1.29. The molecule has 1 fully saturated rings. The van der Waals surface area contributed by atoms with Gasteiger partial charge in [0.15, 0.2) is 0 Å². The number of methoxy groups -OCH3 is 1. The van der Waals surface area contributed by atoms with Gasteiger partial charge in [-0.15, -0.1) is 11.3 Å². The Labute approximate surface area is 161 Å². The highest BCUT2D eigenvalue weighted by Gasteiger charge is 2.41. The Morgan fingerprint density at radius 3 is 2.81 bits per heavy atom. The largest absolute Gasteiger partial charge is 0.497 e. The van der Waals surface area contributed by atoms with Crippen molar-refractivity contribution in [2.45, 2.75) is 25.4 Å². The molecule has 0 radical (unpaired) electrons.